The molecule has 0 aliphatic heterocycles. The van der Waals surface area contributed by atoms with E-state index in [1.54, 1.807) is 31.4 Å². The van der Waals surface area contributed by atoms with Crippen molar-refractivity contribution in [3.05, 3.63) is 48.3 Å². The lowest BCUT2D eigenvalue weighted by molar-refractivity contribution is -0.142. The fourth-order valence-corrected chi connectivity index (χ4v) is 2.73. The van der Waals surface area contributed by atoms with E-state index in [9.17, 15) is 13.2 Å². The van der Waals surface area contributed by atoms with E-state index in [0.29, 0.717) is 5.75 Å². The number of benzene rings is 1. The first-order valence-electron chi connectivity index (χ1n) is 6.21. The summed E-state index contributed by atoms with van der Waals surface area (Å²) in [6.07, 6.45) is -3.21. The number of rotatable bonds is 3. The maximum absolute atomic E-state index is 13.1. The van der Waals surface area contributed by atoms with Gasteiger partial charge in [-0.2, -0.15) is 18.3 Å². The number of nitrogens with zero attached hydrogens (tertiary/aromatic N) is 3. The zero-order chi connectivity index (χ0) is 15.7. The monoisotopic (exact) mass is 325 g/mol. The average molecular weight is 325 g/mol. The fourth-order valence-electron chi connectivity index (χ4n) is 1.91. The molecule has 1 aromatic carbocycles. The average Bonchev–Trinajstić information content (AvgIpc) is 2.94. The number of alkyl halides is 3. The summed E-state index contributed by atoms with van der Waals surface area (Å²) in [6, 6.07) is 9.44. The molecule has 0 saturated carbocycles. The molecule has 3 rings (SSSR count). The summed E-state index contributed by atoms with van der Waals surface area (Å²) in [4.78, 5) is 4.95. The standard InChI is InChI=1S/C14H10F3N3OS/c1-21-9-2-4-10(5-3-9)22-13-8-11(14(15,16)17)20-12(19-13)6-7-18-20/h2-8H,1H3. The van der Waals surface area contributed by atoms with Gasteiger partial charge in [0.1, 0.15) is 10.8 Å². The first-order chi connectivity index (χ1) is 10.5. The van der Waals surface area contributed by atoms with Crippen LogP contribution in [-0.4, -0.2) is 21.7 Å². The van der Waals surface area contributed by atoms with E-state index in [4.69, 9.17) is 4.74 Å². The van der Waals surface area contributed by atoms with Crippen molar-refractivity contribution in [2.45, 2.75) is 16.1 Å². The molecule has 8 heteroatoms. The lowest BCUT2D eigenvalue weighted by atomic mass is 10.3. The Balaban J connectivity index is 1.99. The first-order valence-corrected chi connectivity index (χ1v) is 7.03. The van der Waals surface area contributed by atoms with Gasteiger partial charge >= 0.3 is 6.18 Å². The lowest BCUT2D eigenvalue weighted by Crippen LogP contribution is -2.13. The number of halogens is 3. The fraction of sp³-hybridized carbons (Fsp3) is 0.143. The summed E-state index contributed by atoms with van der Waals surface area (Å²) in [5, 5.41) is 3.92. The van der Waals surface area contributed by atoms with Crippen LogP contribution in [0, 0.1) is 0 Å². The zero-order valence-electron chi connectivity index (χ0n) is 11.3. The van der Waals surface area contributed by atoms with E-state index in [0.717, 1.165) is 27.2 Å². The maximum atomic E-state index is 13.1. The van der Waals surface area contributed by atoms with E-state index in [1.807, 2.05) is 0 Å². The second-order valence-electron chi connectivity index (χ2n) is 4.36. The van der Waals surface area contributed by atoms with Gasteiger partial charge in [0.05, 0.1) is 13.3 Å². The molecule has 0 atom stereocenters. The maximum Gasteiger partial charge on any atom is 0.433 e. The van der Waals surface area contributed by atoms with Gasteiger partial charge in [-0.25, -0.2) is 9.50 Å². The molecule has 0 fully saturated rings. The summed E-state index contributed by atoms with van der Waals surface area (Å²) in [5.41, 5.74) is -0.690. The summed E-state index contributed by atoms with van der Waals surface area (Å²) >= 11 is 1.15. The Labute approximate surface area is 127 Å². The highest BCUT2D eigenvalue weighted by molar-refractivity contribution is 7.99. The third-order valence-electron chi connectivity index (χ3n) is 2.91. The van der Waals surface area contributed by atoms with Crippen LogP contribution in [0.3, 0.4) is 0 Å². The SMILES string of the molecule is COc1ccc(Sc2cc(C(F)(F)F)n3nccc3n2)cc1. The predicted octanol–water partition coefficient (Wildman–Crippen LogP) is 3.91. The molecule has 0 aliphatic carbocycles. The number of methoxy groups -OCH3 is 1. The molecule has 0 N–H and O–H groups in total. The summed E-state index contributed by atoms with van der Waals surface area (Å²) in [6.45, 7) is 0. The van der Waals surface area contributed by atoms with Crippen molar-refractivity contribution in [2.24, 2.45) is 0 Å². The summed E-state index contributed by atoms with van der Waals surface area (Å²) in [5.74, 6) is 0.680. The van der Waals surface area contributed by atoms with Gasteiger partial charge in [0.2, 0.25) is 0 Å². The number of hydrogen-bond donors (Lipinski definition) is 0. The Kier molecular flexibility index (Phi) is 3.69. The highest BCUT2D eigenvalue weighted by atomic mass is 32.2. The number of fused-ring (bicyclic) bond motifs is 1. The molecular formula is C14H10F3N3OS. The van der Waals surface area contributed by atoms with Gasteiger partial charge in [0.25, 0.3) is 0 Å². The van der Waals surface area contributed by atoms with E-state index < -0.39 is 11.9 Å². The van der Waals surface area contributed by atoms with Gasteiger partial charge < -0.3 is 4.74 Å². The molecule has 22 heavy (non-hydrogen) atoms. The molecule has 0 bridgehead atoms. The Morgan fingerprint density at radius 3 is 2.50 bits per heavy atom. The topological polar surface area (TPSA) is 39.4 Å². The molecule has 0 aliphatic rings. The van der Waals surface area contributed by atoms with Gasteiger partial charge in [0.15, 0.2) is 11.3 Å². The highest BCUT2D eigenvalue weighted by Gasteiger charge is 2.35. The minimum Gasteiger partial charge on any atom is -0.497 e. The molecule has 0 radical (unpaired) electrons. The largest absolute Gasteiger partial charge is 0.497 e. The van der Waals surface area contributed by atoms with Crippen LogP contribution < -0.4 is 4.74 Å². The Morgan fingerprint density at radius 1 is 1.14 bits per heavy atom. The van der Waals surface area contributed by atoms with E-state index in [1.165, 1.54) is 12.3 Å². The second kappa shape index (κ2) is 5.53. The molecule has 3 aromatic rings. The van der Waals surface area contributed by atoms with Crippen LogP contribution in [0.1, 0.15) is 5.69 Å². The zero-order valence-corrected chi connectivity index (χ0v) is 12.1. The van der Waals surface area contributed by atoms with Crippen LogP contribution >= 0.6 is 11.8 Å². The van der Waals surface area contributed by atoms with Crippen molar-refractivity contribution in [1.82, 2.24) is 14.6 Å². The number of aromatic nitrogens is 3. The van der Waals surface area contributed by atoms with E-state index in [2.05, 4.69) is 10.1 Å². The Hall–Kier alpha value is -2.22. The normalized spacial score (nSPS) is 11.8. The van der Waals surface area contributed by atoms with Gasteiger partial charge in [-0.05, 0) is 24.3 Å². The number of ether oxygens (including phenoxy) is 1. The van der Waals surface area contributed by atoms with E-state index in [-0.39, 0.29) is 10.7 Å². The lowest BCUT2D eigenvalue weighted by Gasteiger charge is -2.10. The molecule has 2 aromatic heterocycles. The molecule has 4 nitrogen and oxygen atoms in total. The molecule has 114 valence electrons. The van der Waals surface area contributed by atoms with Crippen LogP contribution in [0.4, 0.5) is 13.2 Å². The Bertz CT molecular complexity index is 799. The van der Waals surface area contributed by atoms with Crippen LogP contribution in [0.5, 0.6) is 5.75 Å². The van der Waals surface area contributed by atoms with Gasteiger partial charge in [-0.15, -0.1) is 0 Å². The summed E-state index contributed by atoms with van der Waals surface area (Å²) < 4.78 is 45.1. The van der Waals surface area contributed by atoms with Crippen molar-refractivity contribution in [3.8, 4) is 5.75 Å². The smallest absolute Gasteiger partial charge is 0.433 e. The van der Waals surface area contributed by atoms with E-state index >= 15 is 0 Å². The first kappa shape index (κ1) is 14.7. The second-order valence-corrected chi connectivity index (χ2v) is 5.45. The van der Waals surface area contributed by atoms with Crippen LogP contribution in [0.25, 0.3) is 5.65 Å². The summed E-state index contributed by atoms with van der Waals surface area (Å²) in [7, 11) is 1.55. The Morgan fingerprint density at radius 2 is 1.86 bits per heavy atom. The molecular weight excluding hydrogens is 315 g/mol. The van der Waals surface area contributed by atoms with Crippen LogP contribution in [0.15, 0.2) is 52.5 Å². The van der Waals surface area contributed by atoms with Gasteiger partial charge in [-0.3, -0.25) is 0 Å². The highest BCUT2D eigenvalue weighted by Crippen LogP contribution is 2.34. The van der Waals surface area contributed by atoms with Crippen molar-refractivity contribution < 1.29 is 17.9 Å². The van der Waals surface area contributed by atoms with Crippen LogP contribution in [-0.2, 0) is 6.18 Å². The van der Waals surface area contributed by atoms with Crippen molar-refractivity contribution >= 4 is 17.4 Å². The molecule has 0 saturated heterocycles. The minimum atomic E-state index is -4.50. The minimum absolute atomic E-state index is 0.158. The predicted molar refractivity (Wildman–Crippen MR) is 75.1 cm³/mol. The van der Waals surface area contributed by atoms with Gasteiger partial charge in [0, 0.05) is 17.0 Å². The van der Waals surface area contributed by atoms with Crippen molar-refractivity contribution in [3.63, 3.8) is 0 Å². The third-order valence-corrected chi connectivity index (χ3v) is 3.83. The van der Waals surface area contributed by atoms with Crippen molar-refractivity contribution in [2.75, 3.05) is 7.11 Å². The molecule has 2 heterocycles. The third kappa shape index (κ3) is 2.87. The quantitative estimate of drug-likeness (QED) is 0.685. The number of hydrogen-bond acceptors (Lipinski definition) is 4. The molecule has 0 amide bonds. The van der Waals surface area contributed by atoms with Crippen LogP contribution in [0.2, 0.25) is 0 Å². The van der Waals surface area contributed by atoms with Gasteiger partial charge in [-0.1, -0.05) is 11.8 Å². The van der Waals surface area contributed by atoms with Crippen molar-refractivity contribution in [1.29, 1.82) is 0 Å². The molecule has 0 unspecified atom stereocenters. The molecule has 0 spiro atoms.